The Labute approximate surface area is 263 Å². The van der Waals surface area contributed by atoms with Gasteiger partial charge in [-0.25, -0.2) is 12.8 Å². The van der Waals surface area contributed by atoms with Gasteiger partial charge in [0.1, 0.15) is 23.7 Å². The van der Waals surface area contributed by atoms with Gasteiger partial charge in [-0.1, -0.05) is 38.1 Å². The van der Waals surface area contributed by atoms with E-state index in [0.29, 0.717) is 52.6 Å². The molecule has 45 heavy (non-hydrogen) atoms. The first kappa shape index (κ1) is 32.1. The third-order valence-electron chi connectivity index (χ3n) is 8.17. The molecule has 0 aliphatic carbocycles. The number of ether oxygens (including phenoxy) is 2. The van der Waals surface area contributed by atoms with Gasteiger partial charge in [-0.3, -0.25) is 9.29 Å². The molecule has 0 aliphatic heterocycles. The maximum atomic E-state index is 13.6. The van der Waals surface area contributed by atoms with E-state index in [1.807, 2.05) is 30.3 Å². The van der Waals surface area contributed by atoms with Crippen LogP contribution < -0.4 is 13.8 Å². The molecule has 0 fully saturated rings. The number of hydrogen-bond acceptors (Lipinski definition) is 7. The molecule has 1 N–H and O–H groups in total. The molecule has 0 spiro atoms. The maximum absolute atomic E-state index is 13.6. The van der Waals surface area contributed by atoms with Crippen molar-refractivity contribution in [3.05, 3.63) is 89.5 Å². The van der Waals surface area contributed by atoms with E-state index in [1.54, 1.807) is 36.2 Å². The zero-order chi connectivity index (χ0) is 32.3. The fourth-order valence-electron chi connectivity index (χ4n) is 5.50. The Morgan fingerprint density at radius 3 is 2.27 bits per heavy atom. The first-order chi connectivity index (χ1) is 21.5. The first-order valence-corrected chi connectivity index (χ1v) is 16.7. The number of hydrogen-bond donors (Lipinski definition) is 1. The summed E-state index contributed by atoms with van der Waals surface area (Å²) in [6.07, 6.45) is 5.10. The van der Waals surface area contributed by atoms with Crippen molar-refractivity contribution in [3.8, 4) is 17.4 Å². The zero-order valence-electron chi connectivity index (χ0n) is 26.2. The predicted octanol–water partition coefficient (Wildman–Crippen LogP) is 5.95. The van der Waals surface area contributed by atoms with Gasteiger partial charge in [-0.2, -0.15) is 0 Å². The van der Waals surface area contributed by atoms with Crippen LogP contribution in [0.1, 0.15) is 30.5 Å². The number of halogens is 1. The summed E-state index contributed by atoms with van der Waals surface area (Å²) >= 11 is 0. The molecular formula is C34H39FN4O5S. The monoisotopic (exact) mass is 634 g/mol. The quantitative estimate of drug-likeness (QED) is 0.171. The van der Waals surface area contributed by atoms with Crippen LogP contribution in [0.25, 0.3) is 21.7 Å². The number of fused-ring (bicyclic) bond motifs is 2. The fraction of sp³-hybridized carbons (Fsp3) is 0.324. The Morgan fingerprint density at radius 2 is 1.64 bits per heavy atom. The Morgan fingerprint density at radius 1 is 0.978 bits per heavy atom. The number of likely N-dealkylation sites (N-methyl/N-ethyl adjacent to an activating group) is 1. The van der Waals surface area contributed by atoms with Gasteiger partial charge in [-0.15, -0.1) is 0 Å². The highest BCUT2D eigenvalue weighted by atomic mass is 32.2. The van der Waals surface area contributed by atoms with Crippen molar-refractivity contribution in [2.75, 3.05) is 44.4 Å². The number of aromatic hydroxyl groups is 1. The molecule has 238 valence electrons. The maximum Gasteiger partial charge on any atom is 0.232 e. The van der Waals surface area contributed by atoms with E-state index in [4.69, 9.17) is 14.5 Å². The van der Waals surface area contributed by atoms with Gasteiger partial charge in [0.15, 0.2) is 5.75 Å². The molecule has 0 bridgehead atoms. The summed E-state index contributed by atoms with van der Waals surface area (Å²) in [6, 6.07) is 15.6. The summed E-state index contributed by atoms with van der Waals surface area (Å²) in [5.74, 6) is 0.731. The first-order valence-electron chi connectivity index (χ1n) is 14.9. The van der Waals surface area contributed by atoms with Gasteiger partial charge < -0.3 is 24.0 Å². The fourth-order valence-corrected chi connectivity index (χ4v) is 6.03. The van der Waals surface area contributed by atoms with Crippen LogP contribution in [0.5, 0.6) is 17.4 Å². The van der Waals surface area contributed by atoms with E-state index in [2.05, 4.69) is 18.7 Å². The highest BCUT2D eigenvalue weighted by molar-refractivity contribution is 7.92. The van der Waals surface area contributed by atoms with Crippen molar-refractivity contribution in [3.63, 3.8) is 0 Å². The minimum absolute atomic E-state index is 0.0240. The normalized spacial score (nSPS) is 11.9. The molecule has 5 rings (SSSR count). The Balaban J connectivity index is 1.72. The van der Waals surface area contributed by atoms with Crippen molar-refractivity contribution in [2.24, 2.45) is 0 Å². The van der Waals surface area contributed by atoms with Gasteiger partial charge in [-0.05, 0) is 66.5 Å². The summed E-state index contributed by atoms with van der Waals surface area (Å²) in [5, 5.41) is 13.1. The molecule has 2 heterocycles. The number of methoxy groups -OCH3 is 1. The second kappa shape index (κ2) is 13.3. The van der Waals surface area contributed by atoms with Crippen LogP contribution in [0.3, 0.4) is 0 Å². The number of rotatable bonds is 13. The SMILES string of the molecule is CCN(CC)CCn1cc2c(N(C)S(C)(=O)=O)c3cc(Cc4ccc(F)cc4)cnc3c(OCc3ccc(OC)cc3)c2c1O. The molecule has 5 aromatic rings. The summed E-state index contributed by atoms with van der Waals surface area (Å²) in [4.78, 5) is 7.04. The van der Waals surface area contributed by atoms with Crippen LogP contribution in [-0.4, -0.2) is 68.0 Å². The highest BCUT2D eigenvalue weighted by Gasteiger charge is 2.27. The minimum atomic E-state index is -3.72. The predicted molar refractivity (Wildman–Crippen MR) is 176 cm³/mol. The van der Waals surface area contributed by atoms with Crippen LogP contribution in [0.2, 0.25) is 0 Å². The number of sulfonamides is 1. The molecule has 2 aromatic heterocycles. The average Bonchev–Trinajstić information content (AvgIpc) is 3.35. The molecule has 0 amide bonds. The van der Waals surface area contributed by atoms with E-state index in [0.717, 1.165) is 41.8 Å². The highest BCUT2D eigenvalue weighted by Crippen LogP contribution is 2.47. The molecule has 0 atom stereocenters. The van der Waals surface area contributed by atoms with E-state index in [-0.39, 0.29) is 18.3 Å². The number of aromatic nitrogens is 2. The summed E-state index contributed by atoms with van der Waals surface area (Å²) < 4.78 is 54.3. The standard InChI is InChI=1S/C34H39FN4O5S/c1-6-38(7-2)16-17-39-21-29-30(34(39)40)33(44-22-24-10-14-27(43-4)15-11-24)31-28(32(29)37(3)45(5,41)42)19-25(20-36-31)18-23-8-12-26(35)13-9-23/h8-15,19-21,40H,6-7,16-18,22H2,1-5H3. The number of anilines is 1. The second-order valence-corrected chi connectivity index (χ2v) is 13.1. The van der Waals surface area contributed by atoms with Gasteiger partial charge in [0.2, 0.25) is 15.9 Å². The molecule has 0 saturated carbocycles. The Hall–Kier alpha value is -4.35. The lowest BCUT2D eigenvalue weighted by Crippen LogP contribution is -2.26. The molecule has 0 unspecified atom stereocenters. The summed E-state index contributed by atoms with van der Waals surface area (Å²) in [5.41, 5.74) is 3.38. The van der Waals surface area contributed by atoms with E-state index in [1.165, 1.54) is 23.5 Å². The number of pyridine rings is 1. The lowest BCUT2D eigenvalue weighted by atomic mass is 10.0. The van der Waals surface area contributed by atoms with Gasteiger partial charge in [0.25, 0.3) is 0 Å². The second-order valence-electron chi connectivity index (χ2n) is 11.0. The van der Waals surface area contributed by atoms with Crippen LogP contribution in [0.15, 0.2) is 67.0 Å². The Kier molecular flexibility index (Phi) is 9.50. The van der Waals surface area contributed by atoms with Crippen LogP contribution in [-0.2, 0) is 29.6 Å². The molecular weight excluding hydrogens is 595 g/mol. The smallest absolute Gasteiger partial charge is 0.232 e. The topological polar surface area (TPSA) is 97.1 Å². The molecule has 0 saturated heterocycles. The van der Waals surface area contributed by atoms with Gasteiger partial charge >= 0.3 is 0 Å². The van der Waals surface area contributed by atoms with E-state index < -0.39 is 10.0 Å². The van der Waals surface area contributed by atoms with Gasteiger partial charge in [0, 0.05) is 43.3 Å². The van der Waals surface area contributed by atoms with Crippen LogP contribution in [0.4, 0.5) is 10.1 Å². The van der Waals surface area contributed by atoms with Crippen molar-refractivity contribution in [2.45, 2.75) is 33.4 Å². The molecule has 9 nitrogen and oxygen atoms in total. The molecule has 0 radical (unpaired) electrons. The number of nitrogens with zero attached hydrogens (tertiary/aromatic N) is 4. The van der Waals surface area contributed by atoms with Gasteiger partial charge in [0.05, 0.1) is 24.4 Å². The molecule has 0 aliphatic rings. The summed E-state index contributed by atoms with van der Waals surface area (Å²) in [6.45, 7) is 7.26. The van der Waals surface area contributed by atoms with Crippen molar-refractivity contribution < 1.29 is 27.4 Å². The molecule has 3 aromatic carbocycles. The zero-order valence-corrected chi connectivity index (χ0v) is 27.1. The van der Waals surface area contributed by atoms with Crippen molar-refractivity contribution >= 4 is 37.4 Å². The molecule has 11 heteroatoms. The van der Waals surface area contributed by atoms with Crippen molar-refractivity contribution in [1.82, 2.24) is 14.5 Å². The van der Waals surface area contributed by atoms with Crippen LogP contribution >= 0.6 is 0 Å². The third kappa shape index (κ3) is 6.84. The van der Waals surface area contributed by atoms with Crippen molar-refractivity contribution in [1.29, 1.82) is 0 Å². The van der Waals surface area contributed by atoms with Crippen LogP contribution in [0, 0.1) is 5.82 Å². The number of benzene rings is 3. The Bertz CT molecular complexity index is 1900. The third-order valence-corrected chi connectivity index (χ3v) is 9.35. The van der Waals surface area contributed by atoms with E-state index >= 15 is 0 Å². The minimum Gasteiger partial charge on any atom is -0.497 e. The largest absolute Gasteiger partial charge is 0.497 e. The average molecular weight is 635 g/mol. The van der Waals surface area contributed by atoms with E-state index in [9.17, 15) is 17.9 Å². The lowest BCUT2D eigenvalue weighted by molar-refractivity contribution is 0.283. The lowest BCUT2D eigenvalue weighted by Gasteiger charge is -2.22. The summed E-state index contributed by atoms with van der Waals surface area (Å²) in [7, 11) is -0.613.